The molecule has 1 amide bonds. The zero-order chi connectivity index (χ0) is 25.2. The number of likely N-dealkylation sites (N-methyl/N-ethyl adjacent to an activating group) is 1. The maximum atomic E-state index is 13.3. The second-order valence-electron chi connectivity index (χ2n) is 11.0. The standard InChI is InChI=1S/C31H34N2O3/c1-5-16-33-17-15-30-28-23-7-6-8-25(28)36-29(30)24(13-14-31(30,35)26(33)19-23)32(4)27(34)12-11-22-10-9-20(2)21(3)18-22/h5-10,18,24,26,29,35H,1,13-17,19H2,2-4H3/t24-,26+,29-,30-,31+/m0/s1. The molecule has 5 heteroatoms. The van der Waals surface area contributed by atoms with Gasteiger partial charge in [0.1, 0.15) is 11.9 Å². The molecule has 1 spiro atoms. The van der Waals surface area contributed by atoms with Crippen LogP contribution in [0.5, 0.6) is 5.75 Å². The largest absolute Gasteiger partial charge is 0.487 e. The molecule has 2 bridgehead atoms. The minimum atomic E-state index is -0.899. The van der Waals surface area contributed by atoms with Gasteiger partial charge in [-0.05, 0) is 81.0 Å². The van der Waals surface area contributed by atoms with Crippen molar-refractivity contribution in [2.45, 2.75) is 68.7 Å². The lowest BCUT2D eigenvalue weighted by molar-refractivity contribution is -0.197. The van der Waals surface area contributed by atoms with Gasteiger partial charge in [0.25, 0.3) is 5.91 Å². The SMILES string of the molecule is C=CCN1CC[C@]23c4c5cccc4O[C@H]2[C@@H](N(C)C(=O)C#Cc2ccc(C)c(C)c2)CC[C@@]3(O)[C@H]1C5. The van der Waals surface area contributed by atoms with E-state index in [0.29, 0.717) is 12.8 Å². The van der Waals surface area contributed by atoms with Crippen LogP contribution in [0.15, 0.2) is 49.1 Å². The number of amides is 1. The monoisotopic (exact) mass is 482 g/mol. The maximum Gasteiger partial charge on any atom is 0.298 e. The summed E-state index contributed by atoms with van der Waals surface area (Å²) >= 11 is 0. The average molecular weight is 483 g/mol. The molecule has 1 N–H and O–H groups in total. The first-order chi connectivity index (χ1) is 17.3. The van der Waals surface area contributed by atoms with Gasteiger partial charge in [-0.1, -0.05) is 30.2 Å². The first-order valence-corrected chi connectivity index (χ1v) is 13.0. The van der Waals surface area contributed by atoms with Crippen LogP contribution in [0.4, 0.5) is 0 Å². The molecule has 0 unspecified atom stereocenters. The van der Waals surface area contributed by atoms with Crippen LogP contribution >= 0.6 is 0 Å². The third-order valence-electron chi connectivity index (χ3n) is 9.44. The molecule has 5 nitrogen and oxygen atoms in total. The van der Waals surface area contributed by atoms with E-state index in [1.807, 2.05) is 37.4 Å². The Morgan fingerprint density at radius 2 is 2.11 bits per heavy atom. The fourth-order valence-corrected chi connectivity index (χ4v) is 7.54. The summed E-state index contributed by atoms with van der Waals surface area (Å²) in [6, 6.07) is 12.1. The third kappa shape index (κ3) is 3.07. The minimum absolute atomic E-state index is 0.0164. The highest BCUT2D eigenvalue weighted by molar-refractivity contribution is 5.94. The van der Waals surface area contributed by atoms with E-state index in [2.05, 4.69) is 49.3 Å². The second kappa shape index (κ2) is 8.23. The zero-order valence-electron chi connectivity index (χ0n) is 21.4. The smallest absolute Gasteiger partial charge is 0.298 e. The molecular weight excluding hydrogens is 448 g/mol. The zero-order valence-corrected chi connectivity index (χ0v) is 21.4. The van der Waals surface area contributed by atoms with Crippen LogP contribution in [-0.2, 0) is 16.6 Å². The molecule has 2 aromatic rings. The number of hydrogen-bond acceptors (Lipinski definition) is 4. The summed E-state index contributed by atoms with van der Waals surface area (Å²) in [5, 5.41) is 12.5. The van der Waals surface area contributed by atoms with Gasteiger partial charge in [0, 0.05) is 36.7 Å². The van der Waals surface area contributed by atoms with Crippen molar-refractivity contribution in [1.29, 1.82) is 0 Å². The number of rotatable bonds is 3. The summed E-state index contributed by atoms with van der Waals surface area (Å²) in [7, 11) is 1.84. The fraction of sp³-hybridized carbons (Fsp3) is 0.452. The maximum absolute atomic E-state index is 13.3. The van der Waals surface area contributed by atoms with Crippen LogP contribution < -0.4 is 4.74 Å². The summed E-state index contributed by atoms with van der Waals surface area (Å²) in [5.74, 6) is 6.59. The highest BCUT2D eigenvalue weighted by Gasteiger charge is 2.72. The normalized spacial score (nSPS) is 31.5. The van der Waals surface area contributed by atoms with Crippen molar-refractivity contribution in [2.24, 2.45) is 0 Å². The lowest BCUT2D eigenvalue weighted by atomic mass is 9.48. The molecule has 36 heavy (non-hydrogen) atoms. The number of nitrogens with zero attached hydrogens (tertiary/aromatic N) is 2. The van der Waals surface area contributed by atoms with Gasteiger partial charge < -0.3 is 14.7 Å². The Labute approximate surface area is 213 Å². The van der Waals surface area contributed by atoms with Crippen molar-refractivity contribution in [2.75, 3.05) is 20.1 Å². The molecule has 4 aliphatic rings. The molecule has 1 saturated heterocycles. The van der Waals surface area contributed by atoms with E-state index in [0.717, 1.165) is 42.8 Å². The van der Waals surface area contributed by atoms with Crippen molar-refractivity contribution in [1.82, 2.24) is 9.80 Å². The van der Waals surface area contributed by atoms with Crippen LogP contribution in [-0.4, -0.2) is 64.7 Å². The van der Waals surface area contributed by atoms with Crippen LogP contribution in [0.1, 0.15) is 47.1 Å². The van der Waals surface area contributed by atoms with Crippen molar-refractivity contribution >= 4 is 5.91 Å². The molecular formula is C31H34N2O3. The molecule has 2 aliphatic carbocycles. The molecule has 0 aromatic heterocycles. The average Bonchev–Trinajstić information content (AvgIpc) is 3.20. The Balaban J connectivity index is 1.36. The third-order valence-corrected chi connectivity index (χ3v) is 9.44. The van der Waals surface area contributed by atoms with Crippen molar-refractivity contribution < 1.29 is 14.6 Å². The quantitative estimate of drug-likeness (QED) is 0.537. The van der Waals surface area contributed by atoms with Crippen LogP contribution in [0.2, 0.25) is 0 Å². The molecule has 6 rings (SSSR count). The summed E-state index contributed by atoms with van der Waals surface area (Å²) in [5.41, 5.74) is 4.25. The van der Waals surface area contributed by atoms with Gasteiger partial charge in [0.2, 0.25) is 0 Å². The van der Waals surface area contributed by atoms with E-state index >= 15 is 0 Å². The van der Waals surface area contributed by atoms with E-state index in [1.54, 1.807) is 4.90 Å². The number of carbonyl (C=O) groups excluding carboxylic acids is 1. The summed E-state index contributed by atoms with van der Waals surface area (Å²) in [6.45, 7) is 9.72. The number of benzene rings is 2. The molecule has 1 saturated carbocycles. The highest BCUT2D eigenvalue weighted by Crippen LogP contribution is 2.64. The Morgan fingerprint density at radius 1 is 1.28 bits per heavy atom. The van der Waals surface area contributed by atoms with Crippen LogP contribution in [0.25, 0.3) is 0 Å². The Bertz CT molecular complexity index is 1320. The predicted molar refractivity (Wildman–Crippen MR) is 140 cm³/mol. The van der Waals surface area contributed by atoms with Gasteiger partial charge in [-0.2, -0.15) is 0 Å². The number of likely N-dealkylation sites (tertiary alicyclic amines) is 1. The van der Waals surface area contributed by atoms with Gasteiger partial charge >= 0.3 is 0 Å². The molecule has 2 fully saturated rings. The number of ether oxygens (including phenoxy) is 1. The van der Waals surface area contributed by atoms with Crippen LogP contribution in [0.3, 0.4) is 0 Å². The van der Waals surface area contributed by atoms with Gasteiger partial charge in [-0.15, -0.1) is 6.58 Å². The van der Waals surface area contributed by atoms with Crippen molar-refractivity contribution in [3.8, 4) is 17.6 Å². The first-order valence-electron chi connectivity index (χ1n) is 13.0. The van der Waals surface area contributed by atoms with Crippen molar-refractivity contribution in [3.05, 3.63) is 76.9 Å². The molecule has 0 radical (unpaired) electrons. The second-order valence-corrected chi connectivity index (χ2v) is 11.0. The molecule has 186 valence electrons. The van der Waals surface area contributed by atoms with E-state index in [-0.39, 0.29) is 24.1 Å². The highest BCUT2D eigenvalue weighted by atomic mass is 16.5. The molecule has 2 aliphatic heterocycles. The predicted octanol–water partition coefficient (Wildman–Crippen LogP) is 3.52. The summed E-state index contributed by atoms with van der Waals surface area (Å²) in [4.78, 5) is 17.4. The Hall–Kier alpha value is -3.07. The van der Waals surface area contributed by atoms with Gasteiger partial charge in [0.15, 0.2) is 0 Å². The molecule has 5 atom stereocenters. The molecule has 2 aromatic carbocycles. The number of hydrogen-bond donors (Lipinski definition) is 1. The van der Waals surface area contributed by atoms with Gasteiger partial charge in [0.05, 0.1) is 17.1 Å². The number of aliphatic hydroxyl groups is 1. The fourth-order valence-electron chi connectivity index (χ4n) is 7.54. The molecule has 2 heterocycles. The van der Waals surface area contributed by atoms with Crippen molar-refractivity contribution in [3.63, 3.8) is 0 Å². The van der Waals surface area contributed by atoms with Gasteiger partial charge in [-0.3, -0.25) is 9.69 Å². The Kier molecular flexibility index (Phi) is 5.33. The van der Waals surface area contributed by atoms with E-state index < -0.39 is 11.0 Å². The van der Waals surface area contributed by atoms with E-state index in [4.69, 9.17) is 4.74 Å². The summed E-state index contributed by atoms with van der Waals surface area (Å²) < 4.78 is 6.67. The Morgan fingerprint density at radius 3 is 2.89 bits per heavy atom. The van der Waals surface area contributed by atoms with Gasteiger partial charge in [-0.25, -0.2) is 0 Å². The minimum Gasteiger partial charge on any atom is -0.487 e. The number of piperidine rings is 1. The topological polar surface area (TPSA) is 53.0 Å². The lowest BCUT2D eigenvalue weighted by Crippen LogP contribution is -2.78. The lowest BCUT2D eigenvalue weighted by Gasteiger charge is -2.64. The van der Waals surface area contributed by atoms with E-state index in [9.17, 15) is 9.90 Å². The number of carbonyl (C=O) groups is 1. The van der Waals surface area contributed by atoms with E-state index in [1.165, 1.54) is 16.7 Å². The van der Waals surface area contributed by atoms with Crippen LogP contribution in [0, 0.1) is 25.7 Å². The number of aryl methyl sites for hydroxylation is 2. The summed E-state index contributed by atoms with van der Waals surface area (Å²) in [6.07, 6.45) is 4.56. The first kappa shape index (κ1) is 23.3.